The van der Waals surface area contributed by atoms with Gasteiger partial charge in [-0.05, 0) is 12.8 Å². The van der Waals surface area contributed by atoms with Gasteiger partial charge in [0.05, 0.1) is 5.60 Å². The Balaban J connectivity index is 2.25. The van der Waals surface area contributed by atoms with Crippen LogP contribution in [0.5, 0.6) is 0 Å². The number of hydrogen-bond acceptors (Lipinski definition) is 4. The average Bonchev–Trinajstić information content (AvgIpc) is 2.71. The van der Waals surface area contributed by atoms with Crippen LogP contribution in [0.2, 0.25) is 0 Å². The zero-order chi connectivity index (χ0) is 8.32. The first-order valence-electron chi connectivity index (χ1n) is 4.09. The molecule has 0 aromatic heterocycles. The molecule has 0 aromatic rings. The topological polar surface area (TPSA) is 84.3 Å². The molecule has 0 saturated heterocycles. The zero-order valence-corrected chi connectivity index (χ0v) is 6.71. The maximum atomic E-state index is 9.63. The van der Waals surface area contributed by atoms with E-state index in [1.54, 1.807) is 0 Å². The van der Waals surface area contributed by atoms with Gasteiger partial charge in [-0.1, -0.05) is 0 Å². The lowest BCUT2D eigenvalue weighted by Gasteiger charge is -2.21. The van der Waals surface area contributed by atoms with Crippen LogP contribution in [-0.4, -0.2) is 36.4 Å². The zero-order valence-electron chi connectivity index (χ0n) is 6.71. The van der Waals surface area contributed by atoms with Crippen LogP contribution in [0.3, 0.4) is 0 Å². The van der Waals surface area contributed by atoms with Gasteiger partial charge >= 0.3 is 0 Å². The molecule has 0 aliphatic heterocycles. The molecule has 0 aromatic carbocycles. The lowest BCUT2D eigenvalue weighted by atomic mass is 10.1. The van der Waals surface area contributed by atoms with E-state index >= 15 is 0 Å². The van der Waals surface area contributed by atoms with E-state index in [9.17, 15) is 5.11 Å². The van der Waals surface area contributed by atoms with Crippen LogP contribution in [0, 0.1) is 0 Å². The minimum atomic E-state index is -0.524. The quantitative estimate of drug-likeness (QED) is 0.389. The van der Waals surface area contributed by atoms with Crippen molar-refractivity contribution in [3.63, 3.8) is 0 Å². The van der Waals surface area contributed by atoms with E-state index < -0.39 is 5.60 Å². The second-order valence-electron chi connectivity index (χ2n) is 3.13. The van der Waals surface area contributed by atoms with Crippen LogP contribution < -0.4 is 16.8 Å². The van der Waals surface area contributed by atoms with E-state index in [0.29, 0.717) is 13.1 Å². The summed E-state index contributed by atoms with van der Waals surface area (Å²) in [6.07, 6.45) is 1.73. The average molecular weight is 159 g/mol. The van der Waals surface area contributed by atoms with Crippen molar-refractivity contribution in [3.05, 3.63) is 0 Å². The summed E-state index contributed by atoms with van der Waals surface area (Å²) in [7, 11) is 0. The third-order valence-corrected chi connectivity index (χ3v) is 2.18. The van der Waals surface area contributed by atoms with Crippen LogP contribution in [0.1, 0.15) is 12.8 Å². The Hall–Kier alpha value is -0.160. The molecule has 1 aliphatic rings. The summed E-state index contributed by atoms with van der Waals surface area (Å²) in [4.78, 5) is 0. The first-order valence-corrected chi connectivity index (χ1v) is 4.09. The number of hydrogen-bond donors (Lipinski definition) is 4. The molecule has 0 bridgehead atoms. The van der Waals surface area contributed by atoms with E-state index in [2.05, 4.69) is 5.32 Å². The third-order valence-electron chi connectivity index (χ3n) is 2.18. The van der Waals surface area contributed by atoms with Gasteiger partial charge < -0.3 is 21.9 Å². The van der Waals surface area contributed by atoms with Gasteiger partial charge in [-0.2, -0.15) is 0 Å². The highest BCUT2D eigenvalue weighted by atomic mass is 16.3. The second-order valence-corrected chi connectivity index (χ2v) is 3.13. The van der Waals surface area contributed by atoms with Gasteiger partial charge in [0, 0.05) is 25.7 Å². The van der Waals surface area contributed by atoms with Crippen molar-refractivity contribution in [2.45, 2.75) is 24.5 Å². The monoisotopic (exact) mass is 159 g/mol. The highest BCUT2D eigenvalue weighted by molar-refractivity contribution is 5.03. The van der Waals surface area contributed by atoms with E-state index in [1.165, 1.54) is 0 Å². The van der Waals surface area contributed by atoms with Gasteiger partial charge in [0.25, 0.3) is 0 Å². The van der Waals surface area contributed by atoms with Gasteiger partial charge in [-0.3, -0.25) is 0 Å². The van der Waals surface area contributed by atoms with Crippen LogP contribution >= 0.6 is 0 Å². The molecule has 66 valence electrons. The molecule has 1 saturated carbocycles. The van der Waals surface area contributed by atoms with Gasteiger partial charge in [-0.15, -0.1) is 0 Å². The maximum absolute atomic E-state index is 9.63. The fourth-order valence-corrected chi connectivity index (χ4v) is 1.23. The molecule has 1 atom stereocenters. The maximum Gasteiger partial charge on any atom is 0.0814 e. The van der Waals surface area contributed by atoms with Crippen molar-refractivity contribution in [1.82, 2.24) is 5.32 Å². The SMILES string of the molecule is NCCNC(CN)C1(O)CC1. The number of aliphatic hydroxyl groups is 1. The third kappa shape index (κ3) is 2.13. The first-order chi connectivity index (χ1) is 5.23. The molecule has 0 spiro atoms. The normalized spacial score (nSPS) is 23.2. The Labute approximate surface area is 66.9 Å². The fourth-order valence-electron chi connectivity index (χ4n) is 1.23. The van der Waals surface area contributed by atoms with E-state index in [1.807, 2.05) is 0 Å². The molecule has 0 amide bonds. The molecule has 1 aliphatic carbocycles. The van der Waals surface area contributed by atoms with Gasteiger partial charge in [0.15, 0.2) is 0 Å². The van der Waals surface area contributed by atoms with Crippen molar-refractivity contribution in [3.8, 4) is 0 Å². The summed E-state index contributed by atoms with van der Waals surface area (Å²) < 4.78 is 0. The van der Waals surface area contributed by atoms with Gasteiger partial charge in [-0.25, -0.2) is 0 Å². The molecule has 1 rings (SSSR count). The second kappa shape index (κ2) is 3.49. The number of nitrogens with two attached hydrogens (primary N) is 2. The van der Waals surface area contributed by atoms with Crippen molar-refractivity contribution in [2.75, 3.05) is 19.6 Å². The minimum absolute atomic E-state index is 0.0334. The standard InChI is InChI=1S/C7H17N3O/c8-3-4-10-6(5-9)7(11)1-2-7/h6,10-11H,1-5,8-9H2. The lowest BCUT2D eigenvalue weighted by Crippen LogP contribution is -2.48. The van der Waals surface area contributed by atoms with Crippen molar-refractivity contribution in [1.29, 1.82) is 0 Å². The summed E-state index contributed by atoms with van der Waals surface area (Å²) in [5.74, 6) is 0. The van der Waals surface area contributed by atoms with Gasteiger partial charge in [0.1, 0.15) is 0 Å². The Morgan fingerprint density at radius 1 is 1.45 bits per heavy atom. The van der Waals surface area contributed by atoms with Crippen LogP contribution in [0.25, 0.3) is 0 Å². The molecule has 11 heavy (non-hydrogen) atoms. The van der Waals surface area contributed by atoms with Crippen LogP contribution in [0.4, 0.5) is 0 Å². The molecule has 6 N–H and O–H groups in total. The fraction of sp³-hybridized carbons (Fsp3) is 1.00. The van der Waals surface area contributed by atoms with Gasteiger partial charge in [0.2, 0.25) is 0 Å². The van der Waals surface area contributed by atoms with E-state index in [-0.39, 0.29) is 6.04 Å². The Bertz CT molecular complexity index is 125. The molecule has 0 radical (unpaired) electrons. The molecule has 1 unspecified atom stereocenters. The smallest absolute Gasteiger partial charge is 0.0814 e. The summed E-state index contributed by atoms with van der Waals surface area (Å²) in [5.41, 5.74) is 10.3. The van der Waals surface area contributed by atoms with E-state index in [4.69, 9.17) is 11.5 Å². The summed E-state index contributed by atoms with van der Waals surface area (Å²) >= 11 is 0. The summed E-state index contributed by atoms with van der Waals surface area (Å²) in [5, 5.41) is 12.8. The van der Waals surface area contributed by atoms with Crippen LogP contribution in [0.15, 0.2) is 0 Å². The number of rotatable bonds is 5. The minimum Gasteiger partial charge on any atom is -0.388 e. The Morgan fingerprint density at radius 3 is 2.45 bits per heavy atom. The molecule has 1 fully saturated rings. The van der Waals surface area contributed by atoms with Crippen molar-refractivity contribution < 1.29 is 5.11 Å². The Kier molecular flexibility index (Phi) is 2.84. The molecular formula is C7H17N3O. The van der Waals surface area contributed by atoms with Crippen LogP contribution in [-0.2, 0) is 0 Å². The summed E-state index contributed by atoms with van der Waals surface area (Å²) in [6.45, 7) is 1.80. The lowest BCUT2D eigenvalue weighted by molar-refractivity contribution is 0.106. The van der Waals surface area contributed by atoms with Crippen molar-refractivity contribution >= 4 is 0 Å². The van der Waals surface area contributed by atoms with E-state index in [0.717, 1.165) is 19.4 Å². The molecule has 0 heterocycles. The predicted octanol–water partition coefficient (Wildman–Crippen LogP) is -1.61. The highest BCUT2D eigenvalue weighted by Crippen LogP contribution is 2.37. The molecular weight excluding hydrogens is 142 g/mol. The Morgan fingerprint density at radius 2 is 2.09 bits per heavy atom. The van der Waals surface area contributed by atoms with Crippen molar-refractivity contribution in [2.24, 2.45) is 11.5 Å². The number of nitrogens with one attached hydrogen (secondary N) is 1. The summed E-state index contributed by atoms with van der Waals surface area (Å²) in [6, 6.07) is 0.0334. The first kappa shape index (κ1) is 8.93. The molecule has 4 nitrogen and oxygen atoms in total. The predicted molar refractivity (Wildman–Crippen MR) is 44.1 cm³/mol. The molecule has 4 heteroatoms. The highest BCUT2D eigenvalue weighted by Gasteiger charge is 2.46. The largest absolute Gasteiger partial charge is 0.388 e.